The van der Waals surface area contributed by atoms with Crippen LogP contribution in [0.15, 0.2) is 54.6 Å². The van der Waals surface area contributed by atoms with Crippen LogP contribution in [0, 0.1) is 3.57 Å². The molecule has 1 saturated heterocycles. The van der Waals surface area contributed by atoms with Crippen LogP contribution in [0.5, 0.6) is 0 Å². The third-order valence-electron chi connectivity index (χ3n) is 4.65. The third kappa shape index (κ3) is 5.26. The van der Waals surface area contributed by atoms with E-state index >= 15 is 0 Å². The molecule has 0 bridgehead atoms. The number of carbonyl (C=O) groups is 1. The van der Waals surface area contributed by atoms with Crippen molar-refractivity contribution in [2.75, 3.05) is 39.8 Å². The van der Waals surface area contributed by atoms with Gasteiger partial charge in [-0.3, -0.25) is 9.69 Å². The monoisotopic (exact) mass is 449 g/mol. The second kappa shape index (κ2) is 8.78. The number of nitrogens with one attached hydrogen (secondary N) is 1. The number of piperazine rings is 1. The Morgan fingerprint density at radius 2 is 1.68 bits per heavy atom. The highest BCUT2D eigenvalue weighted by Crippen LogP contribution is 2.17. The van der Waals surface area contributed by atoms with Gasteiger partial charge in [0.05, 0.1) is 6.04 Å². The largest absolute Gasteiger partial charge is 0.344 e. The second-order valence-corrected chi connectivity index (χ2v) is 7.79. The molecule has 2 aromatic rings. The van der Waals surface area contributed by atoms with E-state index in [0.717, 1.165) is 41.9 Å². The highest BCUT2D eigenvalue weighted by Gasteiger charge is 2.21. The van der Waals surface area contributed by atoms with Gasteiger partial charge in [0.25, 0.3) is 5.91 Å². The van der Waals surface area contributed by atoms with Gasteiger partial charge in [0.1, 0.15) is 0 Å². The molecule has 1 atom stereocenters. The van der Waals surface area contributed by atoms with Gasteiger partial charge in [0, 0.05) is 41.9 Å². The zero-order chi connectivity index (χ0) is 17.6. The summed E-state index contributed by atoms with van der Waals surface area (Å²) in [6.07, 6.45) is 0. The van der Waals surface area contributed by atoms with E-state index in [1.807, 2.05) is 42.5 Å². The number of halogens is 1. The van der Waals surface area contributed by atoms with E-state index < -0.39 is 0 Å². The Labute approximate surface area is 163 Å². The molecule has 0 radical (unpaired) electrons. The lowest BCUT2D eigenvalue weighted by atomic mass is 10.0. The quantitative estimate of drug-likeness (QED) is 0.714. The predicted octanol–water partition coefficient (Wildman–Crippen LogP) is 3.01. The van der Waals surface area contributed by atoms with Crippen LogP contribution < -0.4 is 5.32 Å². The number of hydrogen-bond acceptors (Lipinski definition) is 3. The SMILES string of the molecule is CN1CCN(CC(NC(=O)c2ccc(I)cc2)c2ccccc2)CC1. The first-order valence-corrected chi connectivity index (χ1v) is 9.72. The van der Waals surface area contributed by atoms with Crippen LogP contribution >= 0.6 is 22.6 Å². The Kier molecular flexibility index (Phi) is 6.45. The van der Waals surface area contributed by atoms with Gasteiger partial charge in [-0.1, -0.05) is 30.3 Å². The van der Waals surface area contributed by atoms with E-state index in [2.05, 4.69) is 56.9 Å². The minimum Gasteiger partial charge on any atom is -0.344 e. The third-order valence-corrected chi connectivity index (χ3v) is 5.37. The normalized spacial score (nSPS) is 17.2. The number of amides is 1. The summed E-state index contributed by atoms with van der Waals surface area (Å²) < 4.78 is 1.13. The van der Waals surface area contributed by atoms with Crippen molar-refractivity contribution in [1.29, 1.82) is 0 Å². The number of nitrogens with zero attached hydrogens (tertiary/aromatic N) is 2. The van der Waals surface area contributed by atoms with Crippen molar-refractivity contribution in [3.8, 4) is 0 Å². The Balaban J connectivity index is 1.72. The molecule has 0 aliphatic carbocycles. The van der Waals surface area contributed by atoms with Crippen LogP contribution in [0.25, 0.3) is 0 Å². The molecule has 5 heteroatoms. The molecule has 0 spiro atoms. The van der Waals surface area contributed by atoms with Crippen molar-refractivity contribution in [3.05, 3.63) is 69.3 Å². The zero-order valence-electron chi connectivity index (χ0n) is 14.5. The predicted molar refractivity (Wildman–Crippen MR) is 110 cm³/mol. The van der Waals surface area contributed by atoms with Gasteiger partial charge in [0.2, 0.25) is 0 Å². The fourth-order valence-corrected chi connectivity index (χ4v) is 3.41. The van der Waals surface area contributed by atoms with Crippen molar-refractivity contribution in [3.63, 3.8) is 0 Å². The molecule has 1 amide bonds. The van der Waals surface area contributed by atoms with Crippen molar-refractivity contribution >= 4 is 28.5 Å². The Morgan fingerprint density at radius 1 is 1.04 bits per heavy atom. The molecule has 3 rings (SSSR count). The lowest BCUT2D eigenvalue weighted by Crippen LogP contribution is -2.47. The molecule has 0 saturated carbocycles. The summed E-state index contributed by atoms with van der Waals surface area (Å²) in [7, 11) is 2.16. The zero-order valence-corrected chi connectivity index (χ0v) is 16.6. The summed E-state index contributed by atoms with van der Waals surface area (Å²) in [5.41, 5.74) is 1.86. The first kappa shape index (κ1) is 18.4. The molecular formula is C20H24IN3O. The number of likely N-dealkylation sites (N-methyl/N-ethyl adjacent to an activating group) is 1. The first-order chi connectivity index (χ1) is 12.1. The van der Waals surface area contributed by atoms with E-state index in [9.17, 15) is 4.79 Å². The van der Waals surface area contributed by atoms with Gasteiger partial charge in [-0.05, 0) is 59.5 Å². The standard InChI is InChI=1S/C20H24IN3O/c1-23-11-13-24(14-12-23)15-19(16-5-3-2-4-6-16)22-20(25)17-7-9-18(21)10-8-17/h2-10,19H,11-15H2,1H3,(H,22,25). The van der Waals surface area contributed by atoms with Gasteiger partial charge in [-0.2, -0.15) is 0 Å². The van der Waals surface area contributed by atoms with Crippen molar-refractivity contribution in [2.24, 2.45) is 0 Å². The van der Waals surface area contributed by atoms with E-state index in [1.54, 1.807) is 0 Å². The van der Waals surface area contributed by atoms with Crippen LogP contribution in [-0.4, -0.2) is 55.5 Å². The molecule has 1 heterocycles. The fraction of sp³-hybridized carbons (Fsp3) is 0.350. The Bertz CT molecular complexity index is 682. The van der Waals surface area contributed by atoms with Crippen LogP contribution in [0.2, 0.25) is 0 Å². The van der Waals surface area contributed by atoms with Crippen LogP contribution in [0.3, 0.4) is 0 Å². The summed E-state index contributed by atoms with van der Waals surface area (Å²) in [5, 5.41) is 3.23. The molecule has 1 N–H and O–H groups in total. The fourth-order valence-electron chi connectivity index (χ4n) is 3.05. The molecule has 0 aromatic heterocycles. The van der Waals surface area contributed by atoms with Gasteiger partial charge < -0.3 is 10.2 Å². The topological polar surface area (TPSA) is 35.6 Å². The maximum Gasteiger partial charge on any atom is 0.251 e. The molecule has 132 valence electrons. The van der Waals surface area contributed by atoms with Crippen molar-refractivity contribution in [1.82, 2.24) is 15.1 Å². The molecular weight excluding hydrogens is 425 g/mol. The van der Waals surface area contributed by atoms with Crippen molar-refractivity contribution < 1.29 is 4.79 Å². The first-order valence-electron chi connectivity index (χ1n) is 8.64. The summed E-state index contributed by atoms with van der Waals surface area (Å²) in [6.45, 7) is 5.07. The highest BCUT2D eigenvalue weighted by molar-refractivity contribution is 14.1. The number of hydrogen-bond donors (Lipinski definition) is 1. The van der Waals surface area contributed by atoms with Crippen LogP contribution in [-0.2, 0) is 0 Å². The molecule has 1 fully saturated rings. The molecule has 1 unspecified atom stereocenters. The maximum atomic E-state index is 12.7. The highest BCUT2D eigenvalue weighted by atomic mass is 127. The number of carbonyl (C=O) groups excluding carboxylic acids is 1. The van der Waals surface area contributed by atoms with E-state index in [1.165, 1.54) is 0 Å². The Hall–Kier alpha value is -1.44. The van der Waals surface area contributed by atoms with Crippen LogP contribution in [0.4, 0.5) is 0 Å². The summed E-state index contributed by atoms with van der Waals surface area (Å²) in [5.74, 6) is -0.0145. The van der Waals surface area contributed by atoms with Crippen molar-refractivity contribution in [2.45, 2.75) is 6.04 Å². The molecule has 4 nitrogen and oxygen atoms in total. The number of rotatable bonds is 5. The maximum absolute atomic E-state index is 12.7. The summed E-state index contributed by atoms with van der Waals surface area (Å²) in [6, 6.07) is 18.0. The van der Waals surface area contributed by atoms with Gasteiger partial charge in [-0.15, -0.1) is 0 Å². The smallest absolute Gasteiger partial charge is 0.251 e. The minimum absolute atomic E-state index is 0.00335. The van der Waals surface area contributed by atoms with E-state index in [0.29, 0.717) is 5.56 Å². The second-order valence-electron chi connectivity index (χ2n) is 6.55. The minimum atomic E-state index is -0.0145. The van der Waals surface area contributed by atoms with E-state index in [4.69, 9.17) is 0 Å². The molecule has 1 aliphatic heterocycles. The lowest BCUT2D eigenvalue weighted by Gasteiger charge is -2.35. The average Bonchev–Trinajstić information content (AvgIpc) is 2.64. The summed E-state index contributed by atoms with van der Waals surface area (Å²) >= 11 is 2.25. The molecule has 1 aliphatic rings. The lowest BCUT2D eigenvalue weighted by molar-refractivity contribution is 0.0907. The van der Waals surface area contributed by atoms with Gasteiger partial charge in [-0.25, -0.2) is 0 Å². The van der Waals surface area contributed by atoms with E-state index in [-0.39, 0.29) is 11.9 Å². The average molecular weight is 449 g/mol. The van der Waals surface area contributed by atoms with Gasteiger partial charge in [0.15, 0.2) is 0 Å². The van der Waals surface area contributed by atoms with Crippen LogP contribution in [0.1, 0.15) is 22.0 Å². The number of benzene rings is 2. The Morgan fingerprint density at radius 3 is 2.32 bits per heavy atom. The molecule has 25 heavy (non-hydrogen) atoms. The van der Waals surface area contributed by atoms with Gasteiger partial charge >= 0.3 is 0 Å². The summed E-state index contributed by atoms with van der Waals surface area (Å²) in [4.78, 5) is 17.5. The molecule has 2 aromatic carbocycles.